The molecule has 1 N–H and O–H groups in total. The highest BCUT2D eigenvalue weighted by Crippen LogP contribution is 2.37. The Kier molecular flexibility index (Phi) is 3.65. The molecule has 0 saturated heterocycles. The van der Waals surface area contributed by atoms with Gasteiger partial charge < -0.3 is 10.1 Å². The van der Waals surface area contributed by atoms with Gasteiger partial charge in [-0.05, 0) is 42.3 Å². The number of rotatable bonds is 3. The number of hydrogen-bond donors (Lipinski definition) is 1. The molecule has 0 bridgehead atoms. The number of hydrogen-bond acceptors (Lipinski definition) is 3. The zero-order chi connectivity index (χ0) is 13.1. The van der Waals surface area contributed by atoms with E-state index >= 15 is 0 Å². The maximum Gasteiger partial charge on any atom is 0.119 e. The van der Waals surface area contributed by atoms with Gasteiger partial charge in [0.15, 0.2) is 0 Å². The zero-order valence-corrected chi connectivity index (χ0v) is 11.7. The van der Waals surface area contributed by atoms with Crippen molar-refractivity contribution in [2.24, 2.45) is 0 Å². The van der Waals surface area contributed by atoms with Gasteiger partial charge in [-0.25, -0.2) is 0 Å². The van der Waals surface area contributed by atoms with Gasteiger partial charge >= 0.3 is 0 Å². The van der Waals surface area contributed by atoms with Crippen LogP contribution in [0.2, 0.25) is 0 Å². The number of ether oxygens (including phenoxy) is 1. The average molecular weight is 271 g/mol. The minimum Gasteiger partial charge on any atom is -0.497 e. The number of anilines is 1. The van der Waals surface area contributed by atoms with Gasteiger partial charge in [-0.2, -0.15) is 0 Å². The van der Waals surface area contributed by atoms with Gasteiger partial charge in [0, 0.05) is 16.3 Å². The Morgan fingerprint density at radius 3 is 2.68 bits per heavy atom. The topological polar surface area (TPSA) is 21.3 Å². The second kappa shape index (κ2) is 5.57. The van der Waals surface area contributed by atoms with Crippen molar-refractivity contribution in [3.63, 3.8) is 0 Å². The van der Waals surface area contributed by atoms with Gasteiger partial charge in [0.05, 0.1) is 13.2 Å². The molecule has 0 amide bonds. The summed E-state index contributed by atoms with van der Waals surface area (Å²) in [4.78, 5) is 1.40. The largest absolute Gasteiger partial charge is 0.497 e. The van der Waals surface area contributed by atoms with Crippen LogP contribution in [0.25, 0.3) is 0 Å². The van der Waals surface area contributed by atoms with Crippen molar-refractivity contribution in [2.45, 2.75) is 17.4 Å². The van der Waals surface area contributed by atoms with E-state index in [1.54, 1.807) is 7.11 Å². The highest BCUT2D eigenvalue weighted by Gasteiger charge is 2.19. The van der Waals surface area contributed by atoms with Crippen LogP contribution in [0.3, 0.4) is 0 Å². The summed E-state index contributed by atoms with van der Waals surface area (Å²) in [6.07, 6.45) is 1.16. The van der Waals surface area contributed by atoms with E-state index in [0.29, 0.717) is 6.04 Å². The fourth-order valence-electron chi connectivity index (χ4n) is 2.38. The second-order valence-electron chi connectivity index (χ2n) is 4.60. The first-order valence-corrected chi connectivity index (χ1v) is 7.48. The van der Waals surface area contributed by atoms with Gasteiger partial charge in [0.25, 0.3) is 0 Å². The third kappa shape index (κ3) is 2.71. The van der Waals surface area contributed by atoms with Crippen LogP contribution in [0.4, 0.5) is 5.69 Å². The van der Waals surface area contributed by atoms with Gasteiger partial charge in [0.1, 0.15) is 5.75 Å². The third-order valence-electron chi connectivity index (χ3n) is 3.39. The molecule has 1 aliphatic rings. The predicted molar refractivity (Wildman–Crippen MR) is 81.1 cm³/mol. The third-order valence-corrected chi connectivity index (χ3v) is 4.51. The Hall–Kier alpha value is -1.61. The normalized spacial score (nSPS) is 17.6. The highest BCUT2D eigenvalue weighted by molar-refractivity contribution is 7.99. The average Bonchev–Trinajstić information content (AvgIpc) is 2.48. The van der Waals surface area contributed by atoms with Crippen LogP contribution in [0.1, 0.15) is 18.0 Å². The van der Waals surface area contributed by atoms with Crippen LogP contribution in [0, 0.1) is 0 Å². The Balaban J connectivity index is 1.80. The Bertz CT molecular complexity index is 553. The minimum atomic E-state index is 0.408. The number of benzene rings is 2. The molecule has 0 aromatic heterocycles. The van der Waals surface area contributed by atoms with Crippen LogP contribution in [-0.4, -0.2) is 12.9 Å². The maximum absolute atomic E-state index is 5.18. The van der Waals surface area contributed by atoms with Crippen molar-refractivity contribution < 1.29 is 4.74 Å². The lowest BCUT2D eigenvalue weighted by Crippen LogP contribution is -2.15. The smallest absolute Gasteiger partial charge is 0.119 e. The molecule has 3 rings (SSSR count). The molecular formula is C16H17NOS. The highest BCUT2D eigenvalue weighted by atomic mass is 32.2. The fourth-order valence-corrected chi connectivity index (χ4v) is 3.51. The van der Waals surface area contributed by atoms with Gasteiger partial charge in [-0.3, -0.25) is 0 Å². The minimum absolute atomic E-state index is 0.408. The molecule has 1 unspecified atom stereocenters. The quantitative estimate of drug-likeness (QED) is 0.897. The molecule has 3 heteroatoms. The van der Waals surface area contributed by atoms with Crippen molar-refractivity contribution in [3.05, 3.63) is 54.1 Å². The van der Waals surface area contributed by atoms with E-state index in [4.69, 9.17) is 4.74 Å². The first kappa shape index (κ1) is 12.4. The van der Waals surface area contributed by atoms with Crippen molar-refractivity contribution in [1.29, 1.82) is 0 Å². The molecule has 0 fully saturated rings. The number of nitrogens with one attached hydrogen (secondary N) is 1. The molecule has 0 radical (unpaired) electrons. The molecule has 1 aliphatic heterocycles. The van der Waals surface area contributed by atoms with Gasteiger partial charge in [-0.1, -0.05) is 18.2 Å². The van der Waals surface area contributed by atoms with Gasteiger partial charge in [0.2, 0.25) is 0 Å². The summed E-state index contributed by atoms with van der Waals surface area (Å²) < 4.78 is 5.18. The Morgan fingerprint density at radius 2 is 1.89 bits per heavy atom. The summed E-state index contributed by atoms with van der Waals surface area (Å²) in [7, 11) is 1.69. The lowest BCUT2D eigenvalue weighted by atomic mass is 10.0. The fraction of sp³-hybridized carbons (Fsp3) is 0.250. The van der Waals surface area contributed by atoms with Crippen molar-refractivity contribution in [2.75, 3.05) is 18.2 Å². The van der Waals surface area contributed by atoms with Crippen LogP contribution in [-0.2, 0) is 0 Å². The molecule has 0 saturated carbocycles. The number of fused-ring (bicyclic) bond motifs is 1. The SMILES string of the molecule is COc1ccc(NC2CCSc3ccccc32)cc1. The zero-order valence-electron chi connectivity index (χ0n) is 10.9. The van der Waals surface area contributed by atoms with Crippen molar-refractivity contribution in [3.8, 4) is 5.75 Å². The van der Waals surface area contributed by atoms with E-state index in [9.17, 15) is 0 Å². The second-order valence-corrected chi connectivity index (χ2v) is 5.74. The van der Waals surface area contributed by atoms with Crippen LogP contribution in [0.5, 0.6) is 5.75 Å². The van der Waals surface area contributed by atoms with Crippen LogP contribution < -0.4 is 10.1 Å². The first-order valence-electron chi connectivity index (χ1n) is 6.49. The van der Waals surface area contributed by atoms with E-state index in [1.807, 2.05) is 23.9 Å². The molecule has 1 heterocycles. The predicted octanol–water partition coefficient (Wildman–Crippen LogP) is 4.34. The molecule has 98 valence electrons. The molecule has 2 aromatic carbocycles. The van der Waals surface area contributed by atoms with E-state index in [-0.39, 0.29) is 0 Å². The van der Waals surface area contributed by atoms with Gasteiger partial charge in [-0.15, -0.1) is 11.8 Å². The molecule has 0 aliphatic carbocycles. The summed E-state index contributed by atoms with van der Waals surface area (Å²) in [5.74, 6) is 2.07. The molecular weight excluding hydrogens is 254 g/mol. The van der Waals surface area contributed by atoms with E-state index in [2.05, 4.69) is 41.7 Å². The maximum atomic E-state index is 5.18. The summed E-state index contributed by atoms with van der Waals surface area (Å²) in [6, 6.07) is 17.2. The molecule has 0 spiro atoms. The first-order chi connectivity index (χ1) is 9.36. The van der Waals surface area contributed by atoms with E-state index in [1.165, 1.54) is 16.2 Å². The lowest BCUT2D eigenvalue weighted by molar-refractivity contribution is 0.415. The molecule has 1 atom stereocenters. The van der Waals surface area contributed by atoms with Crippen LogP contribution >= 0.6 is 11.8 Å². The summed E-state index contributed by atoms with van der Waals surface area (Å²) in [6.45, 7) is 0. The molecule has 19 heavy (non-hydrogen) atoms. The molecule has 2 nitrogen and oxygen atoms in total. The summed E-state index contributed by atoms with van der Waals surface area (Å²) in [5.41, 5.74) is 2.56. The summed E-state index contributed by atoms with van der Waals surface area (Å²) in [5, 5.41) is 3.62. The Labute approximate surface area is 118 Å². The standard InChI is InChI=1S/C16H17NOS/c1-18-13-8-6-12(7-9-13)17-15-10-11-19-16-5-3-2-4-14(15)16/h2-9,15,17H,10-11H2,1H3. The lowest BCUT2D eigenvalue weighted by Gasteiger charge is -2.26. The number of thioether (sulfide) groups is 1. The van der Waals surface area contributed by atoms with E-state index in [0.717, 1.165) is 17.9 Å². The van der Waals surface area contributed by atoms with E-state index < -0.39 is 0 Å². The number of methoxy groups -OCH3 is 1. The molecule has 2 aromatic rings. The summed E-state index contributed by atoms with van der Waals surface area (Å²) >= 11 is 1.95. The van der Waals surface area contributed by atoms with Crippen LogP contribution in [0.15, 0.2) is 53.4 Å². The van der Waals surface area contributed by atoms with Crippen molar-refractivity contribution >= 4 is 17.4 Å². The Morgan fingerprint density at radius 1 is 1.11 bits per heavy atom. The van der Waals surface area contributed by atoms with Crippen molar-refractivity contribution in [1.82, 2.24) is 0 Å². The monoisotopic (exact) mass is 271 g/mol.